The van der Waals surface area contributed by atoms with Crippen molar-refractivity contribution in [1.82, 2.24) is 14.9 Å². The van der Waals surface area contributed by atoms with Gasteiger partial charge in [0.15, 0.2) is 5.16 Å². The third-order valence-corrected chi connectivity index (χ3v) is 6.38. The van der Waals surface area contributed by atoms with Crippen LogP contribution in [0.5, 0.6) is 5.75 Å². The molecule has 0 radical (unpaired) electrons. The van der Waals surface area contributed by atoms with Crippen LogP contribution in [0.25, 0.3) is 15.9 Å². The zero-order valence-electron chi connectivity index (χ0n) is 16.4. The number of nitrogens with zero attached hydrogens (tertiary/aromatic N) is 2. The summed E-state index contributed by atoms with van der Waals surface area (Å²) in [5, 5.41) is 2.88. The summed E-state index contributed by atoms with van der Waals surface area (Å²) in [6, 6.07) is 4.56. The van der Waals surface area contributed by atoms with Crippen molar-refractivity contribution >= 4 is 45.3 Å². The lowest BCUT2D eigenvalue weighted by atomic mass is 10.2. The number of thiophene rings is 1. The van der Waals surface area contributed by atoms with Gasteiger partial charge in [0, 0.05) is 4.88 Å². The highest BCUT2D eigenvalue weighted by molar-refractivity contribution is 7.99. The number of carbonyl (C=O) groups excluding carboxylic acids is 2. The van der Waals surface area contributed by atoms with Crippen LogP contribution in [0.15, 0.2) is 28.2 Å². The molecule has 29 heavy (non-hydrogen) atoms. The standard InChI is InChI=1S/C19H20N4O4S2/c1-9-5-6-13(27-4)12(7-9)23-17(25)15-10(2)11(3)29-16(15)22-19(23)28-8-14(24)21-18(20)26/h5-7H,8H2,1-4H3,(H3,20,21,24,26). The van der Waals surface area contributed by atoms with Crippen molar-refractivity contribution in [2.24, 2.45) is 5.73 Å². The summed E-state index contributed by atoms with van der Waals surface area (Å²) < 4.78 is 6.91. The van der Waals surface area contributed by atoms with Gasteiger partial charge in [0.25, 0.3) is 5.56 Å². The number of thioether (sulfide) groups is 1. The van der Waals surface area contributed by atoms with Crippen molar-refractivity contribution in [2.45, 2.75) is 25.9 Å². The molecule has 3 amide bonds. The van der Waals surface area contributed by atoms with E-state index in [0.29, 0.717) is 26.8 Å². The highest BCUT2D eigenvalue weighted by Gasteiger charge is 2.21. The molecule has 1 aromatic carbocycles. The third-order valence-electron chi connectivity index (χ3n) is 4.34. The second-order valence-electron chi connectivity index (χ2n) is 6.37. The Hall–Kier alpha value is -2.85. The SMILES string of the molecule is COc1ccc(C)cc1-n1c(SCC(=O)NC(N)=O)nc2sc(C)c(C)c2c1=O. The predicted octanol–water partition coefficient (Wildman–Crippen LogP) is 2.67. The van der Waals surface area contributed by atoms with Gasteiger partial charge in [-0.1, -0.05) is 17.8 Å². The van der Waals surface area contributed by atoms with E-state index in [0.717, 1.165) is 27.8 Å². The van der Waals surface area contributed by atoms with Gasteiger partial charge in [0.05, 0.1) is 23.9 Å². The Kier molecular flexibility index (Phi) is 5.94. The largest absolute Gasteiger partial charge is 0.495 e. The minimum atomic E-state index is -0.929. The summed E-state index contributed by atoms with van der Waals surface area (Å²) >= 11 is 2.47. The molecule has 0 bridgehead atoms. The number of aromatic nitrogens is 2. The first-order valence-electron chi connectivity index (χ1n) is 8.62. The van der Waals surface area contributed by atoms with E-state index in [-0.39, 0.29) is 11.3 Å². The predicted molar refractivity (Wildman–Crippen MR) is 114 cm³/mol. The Morgan fingerprint density at radius 3 is 2.69 bits per heavy atom. The van der Waals surface area contributed by atoms with E-state index in [1.165, 1.54) is 23.0 Å². The molecule has 0 aliphatic rings. The van der Waals surface area contributed by atoms with E-state index in [2.05, 4.69) is 4.98 Å². The van der Waals surface area contributed by atoms with E-state index < -0.39 is 11.9 Å². The molecule has 0 spiro atoms. The Morgan fingerprint density at radius 1 is 1.31 bits per heavy atom. The second kappa shape index (κ2) is 8.26. The van der Waals surface area contributed by atoms with E-state index in [9.17, 15) is 14.4 Å². The maximum atomic E-state index is 13.5. The molecule has 2 heterocycles. The summed E-state index contributed by atoms with van der Waals surface area (Å²) in [5.74, 6) is -0.191. The topological polar surface area (TPSA) is 116 Å². The summed E-state index contributed by atoms with van der Waals surface area (Å²) in [7, 11) is 1.53. The van der Waals surface area contributed by atoms with Gasteiger partial charge in [-0.3, -0.25) is 19.5 Å². The van der Waals surface area contributed by atoms with Gasteiger partial charge in [-0.05, 0) is 44.0 Å². The number of benzene rings is 1. The first kappa shape index (κ1) is 20.9. The molecule has 152 valence electrons. The van der Waals surface area contributed by atoms with Crippen molar-refractivity contribution in [3.8, 4) is 11.4 Å². The molecule has 3 N–H and O–H groups in total. The minimum absolute atomic E-state index is 0.127. The molecular weight excluding hydrogens is 412 g/mol. The number of primary amides is 1. The fourth-order valence-corrected chi connectivity index (χ4v) is 4.74. The first-order chi connectivity index (χ1) is 13.7. The lowest BCUT2D eigenvalue weighted by Crippen LogP contribution is -2.36. The lowest BCUT2D eigenvalue weighted by molar-refractivity contribution is -0.117. The zero-order chi connectivity index (χ0) is 21.3. The van der Waals surface area contributed by atoms with Gasteiger partial charge < -0.3 is 10.5 Å². The highest BCUT2D eigenvalue weighted by atomic mass is 32.2. The van der Waals surface area contributed by atoms with Crippen LogP contribution >= 0.6 is 23.1 Å². The van der Waals surface area contributed by atoms with Gasteiger partial charge in [-0.25, -0.2) is 9.78 Å². The number of methoxy groups -OCH3 is 1. The van der Waals surface area contributed by atoms with E-state index in [1.807, 2.05) is 38.2 Å². The number of ether oxygens (including phenoxy) is 1. The fraction of sp³-hybridized carbons (Fsp3) is 0.263. The number of carbonyl (C=O) groups is 2. The Morgan fingerprint density at radius 2 is 2.03 bits per heavy atom. The molecule has 0 aliphatic carbocycles. The van der Waals surface area contributed by atoms with Crippen molar-refractivity contribution in [1.29, 1.82) is 0 Å². The van der Waals surface area contributed by atoms with Crippen LogP contribution in [-0.4, -0.2) is 34.4 Å². The molecule has 0 saturated heterocycles. The number of fused-ring (bicyclic) bond motifs is 1. The number of hydrogen-bond acceptors (Lipinski definition) is 7. The van der Waals surface area contributed by atoms with Crippen LogP contribution in [-0.2, 0) is 4.79 Å². The minimum Gasteiger partial charge on any atom is -0.495 e. The molecule has 2 aromatic heterocycles. The Labute approximate surface area is 175 Å². The average Bonchev–Trinajstić information content (AvgIpc) is 2.93. The van der Waals surface area contributed by atoms with Crippen molar-refractivity contribution < 1.29 is 14.3 Å². The van der Waals surface area contributed by atoms with Crippen LogP contribution in [0.2, 0.25) is 0 Å². The van der Waals surface area contributed by atoms with Crippen molar-refractivity contribution in [3.63, 3.8) is 0 Å². The normalized spacial score (nSPS) is 10.9. The first-order valence-corrected chi connectivity index (χ1v) is 10.4. The van der Waals surface area contributed by atoms with Crippen molar-refractivity contribution in [3.05, 3.63) is 44.6 Å². The van der Waals surface area contributed by atoms with Crippen LogP contribution in [0.1, 0.15) is 16.0 Å². The number of nitrogens with two attached hydrogens (primary N) is 1. The smallest absolute Gasteiger partial charge is 0.318 e. The van der Waals surface area contributed by atoms with Gasteiger partial charge in [0.1, 0.15) is 10.6 Å². The molecule has 0 saturated carbocycles. The summed E-state index contributed by atoms with van der Waals surface area (Å²) in [6.45, 7) is 5.74. The molecule has 0 aliphatic heterocycles. The fourth-order valence-electron chi connectivity index (χ4n) is 2.86. The lowest BCUT2D eigenvalue weighted by Gasteiger charge is -2.15. The molecule has 0 unspecified atom stereocenters. The molecule has 8 nitrogen and oxygen atoms in total. The van der Waals surface area contributed by atoms with E-state index in [4.69, 9.17) is 10.5 Å². The Balaban J connectivity index is 2.23. The maximum Gasteiger partial charge on any atom is 0.318 e. The average molecular weight is 433 g/mol. The monoisotopic (exact) mass is 432 g/mol. The van der Waals surface area contributed by atoms with Crippen LogP contribution in [0.3, 0.4) is 0 Å². The second-order valence-corrected chi connectivity index (χ2v) is 8.52. The quantitative estimate of drug-likeness (QED) is 0.473. The maximum absolute atomic E-state index is 13.5. The van der Waals surface area contributed by atoms with Crippen LogP contribution < -0.4 is 21.3 Å². The molecule has 3 aromatic rings. The molecule has 0 atom stereocenters. The third kappa shape index (κ3) is 4.13. The van der Waals surface area contributed by atoms with Crippen LogP contribution in [0.4, 0.5) is 4.79 Å². The highest BCUT2D eigenvalue weighted by Crippen LogP contribution is 2.32. The molecule has 0 fully saturated rings. The van der Waals surface area contributed by atoms with Crippen LogP contribution in [0, 0.1) is 20.8 Å². The summed E-state index contributed by atoms with van der Waals surface area (Å²) in [5.41, 5.74) is 7.11. The molecule has 10 heteroatoms. The summed E-state index contributed by atoms with van der Waals surface area (Å²) in [4.78, 5) is 42.5. The number of aryl methyl sites for hydroxylation is 3. The Bertz CT molecular complexity index is 1180. The van der Waals surface area contributed by atoms with Gasteiger partial charge in [-0.15, -0.1) is 11.3 Å². The number of amides is 3. The zero-order valence-corrected chi connectivity index (χ0v) is 18.0. The molecular formula is C19H20N4O4S2. The summed E-state index contributed by atoms with van der Waals surface area (Å²) in [6.07, 6.45) is 0. The number of nitrogens with one attached hydrogen (secondary N) is 1. The number of rotatable bonds is 5. The van der Waals surface area contributed by atoms with E-state index >= 15 is 0 Å². The number of urea groups is 1. The number of imide groups is 1. The molecule has 3 rings (SSSR count). The van der Waals surface area contributed by atoms with Crippen molar-refractivity contribution in [2.75, 3.05) is 12.9 Å². The van der Waals surface area contributed by atoms with Gasteiger partial charge in [0.2, 0.25) is 5.91 Å². The van der Waals surface area contributed by atoms with Gasteiger partial charge >= 0.3 is 6.03 Å². The number of hydrogen-bond donors (Lipinski definition) is 2. The van der Waals surface area contributed by atoms with Gasteiger partial charge in [-0.2, -0.15) is 0 Å². The van der Waals surface area contributed by atoms with E-state index in [1.54, 1.807) is 6.07 Å².